The minimum absolute atomic E-state index is 0.403. The Balaban J connectivity index is 1.87. The summed E-state index contributed by atoms with van der Waals surface area (Å²) in [5.74, 6) is 0. The van der Waals surface area contributed by atoms with Crippen LogP contribution in [0.25, 0.3) is 0 Å². The summed E-state index contributed by atoms with van der Waals surface area (Å²) in [5.41, 5.74) is 1.33. The van der Waals surface area contributed by atoms with Crippen molar-refractivity contribution >= 4 is 15.9 Å². The van der Waals surface area contributed by atoms with Crippen LogP contribution in [-0.2, 0) is 4.74 Å². The van der Waals surface area contributed by atoms with Gasteiger partial charge in [-0.1, -0.05) is 28.1 Å². The van der Waals surface area contributed by atoms with Crippen molar-refractivity contribution in [1.82, 2.24) is 5.32 Å². The minimum atomic E-state index is 0.403. The van der Waals surface area contributed by atoms with Gasteiger partial charge in [-0.25, -0.2) is 0 Å². The number of benzene rings is 1. The fraction of sp³-hybridized carbons (Fsp3) is 0.538. The van der Waals surface area contributed by atoms with E-state index in [9.17, 15) is 0 Å². The number of halogens is 1. The van der Waals surface area contributed by atoms with Crippen LogP contribution < -0.4 is 5.32 Å². The van der Waals surface area contributed by atoms with Gasteiger partial charge in [0.2, 0.25) is 0 Å². The molecule has 16 heavy (non-hydrogen) atoms. The lowest BCUT2D eigenvalue weighted by Gasteiger charge is -2.36. The van der Waals surface area contributed by atoms with Crippen LogP contribution in [0.15, 0.2) is 28.7 Å². The van der Waals surface area contributed by atoms with Gasteiger partial charge in [0, 0.05) is 23.7 Å². The maximum Gasteiger partial charge on any atom is 0.0601 e. The lowest BCUT2D eigenvalue weighted by Crippen LogP contribution is -2.45. The van der Waals surface area contributed by atoms with Gasteiger partial charge in [0.1, 0.15) is 0 Å². The van der Waals surface area contributed by atoms with E-state index in [2.05, 4.69) is 52.4 Å². The molecule has 1 aromatic carbocycles. The van der Waals surface area contributed by atoms with Crippen LogP contribution in [0.3, 0.4) is 0 Å². The fourth-order valence-corrected chi connectivity index (χ4v) is 2.54. The van der Waals surface area contributed by atoms with E-state index in [0.29, 0.717) is 18.2 Å². The SMILES string of the molecule is COC1CC(NC(C)c2cccc(Br)c2)C1. The lowest BCUT2D eigenvalue weighted by atomic mass is 9.88. The first kappa shape index (κ1) is 12.1. The Bertz CT molecular complexity index is 350. The smallest absolute Gasteiger partial charge is 0.0601 e. The molecule has 1 atom stereocenters. The van der Waals surface area contributed by atoms with Crippen molar-refractivity contribution in [1.29, 1.82) is 0 Å². The van der Waals surface area contributed by atoms with Gasteiger partial charge in [-0.2, -0.15) is 0 Å². The van der Waals surface area contributed by atoms with Crippen molar-refractivity contribution in [2.75, 3.05) is 7.11 Å². The number of rotatable bonds is 4. The third-order valence-corrected chi connectivity index (χ3v) is 3.76. The van der Waals surface area contributed by atoms with Gasteiger partial charge in [0.05, 0.1) is 6.10 Å². The highest BCUT2D eigenvalue weighted by Gasteiger charge is 2.29. The average molecular weight is 284 g/mol. The molecule has 1 N–H and O–H groups in total. The van der Waals surface area contributed by atoms with Gasteiger partial charge in [-0.15, -0.1) is 0 Å². The van der Waals surface area contributed by atoms with E-state index in [1.807, 2.05) is 0 Å². The normalized spacial score (nSPS) is 26.2. The second kappa shape index (κ2) is 5.30. The zero-order chi connectivity index (χ0) is 11.5. The Morgan fingerprint density at radius 1 is 1.44 bits per heavy atom. The highest BCUT2D eigenvalue weighted by molar-refractivity contribution is 9.10. The number of nitrogens with one attached hydrogen (secondary N) is 1. The number of hydrogen-bond donors (Lipinski definition) is 1. The highest BCUT2D eigenvalue weighted by Crippen LogP contribution is 2.26. The Morgan fingerprint density at radius 3 is 2.81 bits per heavy atom. The lowest BCUT2D eigenvalue weighted by molar-refractivity contribution is 0.0147. The molecule has 0 radical (unpaired) electrons. The average Bonchev–Trinajstić information content (AvgIpc) is 2.22. The molecule has 0 saturated heterocycles. The monoisotopic (exact) mass is 283 g/mol. The van der Waals surface area contributed by atoms with Gasteiger partial charge >= 0.3 is 0 Å². The molecule has 3 heteroatoms. The van der Waals surface area contributed by atoms with Crippen LogP contribution in [-0.4, -0.2) is 19.3 Å². The first-order valence-corrected chi connectivity index (χ1v) is 6.52. The largest absolute Gasteiger partial charge is 0.381 e. The highest BCUT2D eigenvalue weighted by atomic mass is 79.9. The van der Waals surface area contributed by atoms with Crippen molar-refractivity contribution in [2.45, 2.75) is 38.0 Å². The summed E-state index contributed by atoms with van der Waals surface area (Å²) in [6.45, 7) is 2.21. The van der Waals surface area contributed by atoms with Gasteiger partial charge in [0.25, 0.3) is 0 Å². The van der Waals surface area contributed by atoms with E-state index >= 15 is 0 Å². The van der Waals surface area contributed by atoms with E-state index in [4.69, 9.17) is 4.74 Å². The van der Waals surface area contributed by atoms with Gasteiger partial charge in [-0.05, 0) is 37.5 Å². The third-order valence-electron chi connectivity index (χ3n) is 3.26. The molecule has 0 bridgehead atoms. The van der Waals surface area contributed by atoms with Crippen molar-refractivity contribution in [3.63, 3.8) is 0 Å². The first-order valence-electron chi connectivity index (χ1n) is 5.73. The van der Waals surface area contributed by atoms with E-state index in [1.165, 1.54) is 5.56 Å². The summed E-state index contributed by atoms with van der Waals surface area (Å²) in [5, 5.41) is 3.62. The zero-order valence-corrected chi connectivity index (χ0v) is 11.3. The molecule has 1 aliphatic carbocycles. The first-order chi connectivity index (χ1) is 7.69. The molecule has 1 saturated carbocycles. The van der Waals surface area contributed by atoms with Crippen molar-refractivity contribution in [3.8, 4) is 0 Å². The summed E-state index contributed by atoms with van der Waals surface area (Å²) in [7, 11) is 1.79. The summed E-state index contributed by atoms with van der Waals surface area (Å²) >= 11 is 3.50. The Labute approximate surface area is 106 Å². The maximum absolute atomic E-state index is 5.28. The minimum Gasteiger partial charge on any atom is -0.381 e. The molecule has 2 nitrogen and oxygen atoms in total. The number of methoxy groups -OCH3 is 1. The van der Waals surface area contributed by atoms with Crippen LogP contribution in [0.2, 0.25) is 0 Å². The molecule has 0 aliphatic heterocycles. The summed E-state index contributed by atoms with van der Waals surface area (Å²) in [6, 6.07) is 9.48. The molecular formula is C13H18BrNO. The third kappa shape index (κ3) is 2.84. The summed E-state index contributed by atoms with van der Waals surface area (Å²) in [6.07, 6.45) is 2.73. The van der Waals surface area contributed by atoms with E-state index in [1.54, 1.807) is 7.11 Å². The fourth-order valence-electron chi connectivity index (χ4n) is 2.12. The van der Waals surface area contributed by atoms with Gasteiger partial charge in [0.15, 0.2) is 0 Å². The van der Waals surface area contributed by atoms with Crippen LogP contribution in [0.5, 0.6) is 0 Å². The molecule has 1 aliphatic rings. The molecule has 0 heterocycles. The standard InChI is InChI=1S/C13H18BrNO/c1-9(10-4-3-5-11(14)6-10)15-12-7-13(8-12)16-2/h3-6,9,12-13,15H,7-8H2,1-2H3. The molecule has 1 aromatic rings. The van der Waals surface area contributed by atoms with Crippen LogP contribution >= 0.6 is 15.9 Å². The predicted octanol–water partition coefficient (Wildman–Crippen LogP) is 3.28. The molecule has 0 spiro atoms. The van der Waals surface area contributed by atoms with Crippen molar-refractivity contribution in [2.24, 2.45) is 0 Å². The Morgan fingerprint density at radius 2 is 2.19 bits per heavy atom. The number of ether oxygens (including phenoxy) is 1. The van der Waals surface area contributed by atoms with Gasteiger partial charge in [-0.3, -0.25) is 0 Å². The molecule has 0 aromatic heterocycles. The predicted molar refractivity (Wildman–Crippen MR) is 69.5 cm³/mol. The van der Waals surface area contributed by atoms with Crippen molar-refractivity contribution in [3.05, 3.63) is 34.3 Å². The molecule has 0 amide bonds. The van der Waals surface area contributed by atoms with Crippen molar-refractivity contribution < 1.29 is 4.74 Å². The second-order valence-electron chi connectivity index (χ2n) is 4.47. The number of hydrogen-bond acceptors (Lipinski definition) is 2. The molecule has 1 fully saturated rings. The molecule has 1 unspecified atom stereocenters. The molecule has 2 rings (SSSR count). The quantitative estimate of drug-likeness (QED) is 0.916. The van der Waals surface area contributed by atoms with E-state index in [0.717, 1.165) is 17.3 Å². The second-order valence-corrected chi connectivity index (χ2v) is 5.39. The van der Waals surface area contributed by atoms with Crippen LogP contribution in [0, 0.1) is 0 Å². The molecular weight excluding hydrogens is 266 g/mol. The molecule has 88 valence electrons. The van der Waals surface area contributed by atoms with E-state index in [-0.39, 0.29) is 0 Å². The van der Waals surface area contributed by atoms with E-state index < -0.39 is 0 Å². The topological polar surface area (TPSA) is 21.3 Å². The summed E-state index contributed by atoms with van der Waals surface area (Å²) < 4.78 is 6.42. The maximum atomic E-state index is 5.28. The van der Waals surface area contributed by atoms with Gasteiger partial charge < -0.3 is 10.1 Å². The Hall–Kier alpha value is -0.380. The zero-order valence-electron chi connectivity index (χ0n) is 9.74. The van der Waals surface area contributed by atoms with Crippen LogP contribution in [0.4, 0.5) is 0 Å². The Kier molecular flexibility index (Phi) is 4.00. The summed E-state index contributed by atoms with van der Waals surface area (Å²) in [4.78, 5) is 0. The van der Waals surface area contributed by atoms with Crippen LogP contribution in [0.1, 0.15) is 31.4 Å².